The number of hydrogen-bond donors (Lipinski definition) is 2. The molecule has 0 aliphatic rings. The Labute approximate surface area is 131 Å². The summed E-state index contributed by atoms with van der Waals surface area (Å²) < 4.78 is 0. The van der Waals surface area contributed by atoms with Gasteiger partial charge in [-0.2, -0.15) is 0 Å². The van der Waals surface area contributed by atoms with Crippen LogP contribution in [-0.2, 0) is 16.1 Å². The van der Waals surface area contributed by atoms with Crippen molar-refractivity contribution in [3.8, 4) is 0 Å². The highest BCUT2D eigenvalue weighted by Crippen LogP contribution is 2.25. The second-order valence-electron chi connectivity index (χ2n) is 4.37. The van der Waals surface area contributed by atoms with Crippen LogP contribution in [0.25, 0.3) is 0 Å². The number of carboxylic acids is 2. The lowest BCUT2D eigenvalue weighted by Crippen LogP contribution is -2.23. The van der Waals surface area contributed by atoms with Gasteiger partial charge in [0.1, 0.15) is 0 Å². The van der Waals surface area contributed by atoms with Crippen LogP contribution in [0.5, 0.6) is 0 Å². The molecule has 0 bridgehead atoms. The molecule has 9 heteroatoms. The lowest BCUT2D eigenvalue weighted by Gasteiger charge is -2.19. The average molecular weight is 330 g/mol. The minimum atomic E-state index is -1.82. The van der Waals surface area contributed by atoms with Gasteiger partial charge >= 0.3 is 16.9 Å². The topological polar surface area (TPSA) is 121 Å². The highest BCUT2D eigenvalue weighted by Gasteiger charge is 2.11. The summed E-state index contributed by atoms with van der Waals surface area (Å²) in [5.41, 5.74) is 1.10. The molecule has 0 fully saturated rings. The van der Waals surface area contributed by atoms with E-state index in [9.17, 15) is 10.1 Å². The first-order valence-corrected chi connectivity index (χ1v) is 7.05. The predicted molar refractivity (Wildman–Crippen MR) is 82.0 cm³/mol. The van der Waals surface area contributed by atoms with Gasteiger partial charge in [0.2, 0.25) is 0 Å². The van der Waals surface area contributed by atoms with Crippen molar-refractivity contribution in [1.29, 1.82) is 0 Å². The second-order valence-corrected chi connectivity index (χ2v) is 5.51. The van der Waals surface area contributed by atoms with E-state index in [0.717, 1.165) is 30.1 Å². The van der Waals surface area contributed by atoms with Gasteiger partial charge in [0.25, 0.3) is 0 Å². The number of nitrogens with zero attached hydrogens (tertiary/aromatic N) is 2. The van der Waals surface area contributed by atoms with Gasteiger partial charge in [0.15, 0.2) is 0 Å². The maximum absolute atomic E-state index is 10.5. The standard InChI is InChI=1S/C11H16N2O2S.C2H2O4/c1-4-12(7-9(2)3)8-10-5-6-11(16-10)13(14)15;3-1(4)2(5)6/h5-6H,2,4,7-8H2,1,3H3;(H,3,4)(H,5,6). The first-order valence-electron chi connectivity index (χ1n) is 6.23. The Bertz CT molecular complexity index is 542. The Morgan fingerprint density at radius 1 is 1.36 bits per heavy atom. The molecule has 0 amide bonds. The SMILES string of the molecule is C=C(C)CN(CC)Cc1ccc([N+](=O)[O-])s1.O=C(O)C(=O)O. The molecule has 1 rings (SSSR count). The van der Waals surface area contributed by atoms with E-state index in [-0.39, 0.29) is 9.92 Å². The number of hydrogen-bond acceptors (Lipinski definition) is 6. The quantitative estimate of drug-likeness (QED) is 0.355. The van der Waals surface area contributed by atoms with Crippen molar-refractivity contribution in [3.63, 3.8) is 0 Å². The van der Waals surface area contributed by atoms with Crippen LogP contribution in [0.1, 0.15) is 18.7 Å². The fourth-order valence-electron chi connectivity index (χ4n) is 1.43. The average Bonchev–Trinajstić information content (AvgIpc) is 2.86. The summed E-state index contributed by atoms with van der Waals surface area (Å²) in [6, 6.07) is 3.39. The smallest absolute Gasteiger partial charge is 0.414 e. The van der Waals surface area contributed by atoms with E-state index in [0.29, 0.717) is 0 Å². The van der Waals surface area contributed by atoms with Gasteiger partial charge in [-0.1, -0.05) is 30.4 Å². The summed E-state index contributed by atoms with van der Waals surface area (Å²) >= 11 is 1.24. The minimum Gasteiger partial charge on any atom is -0.473 e. The van der Waals surface area contributed by atoms with Crippen LogP contribution < -0.4 is 0 Å². The molecule has 2 N–H and O–H groups in total. The van der Waals surface area contributed by atoms with Crippen LogP contribution >= 0.6 is 11.3 Å². The Balaban J connectivity index is 0.000000626. The van der Waals surface area contributed by atoms with Gasteiger partial charge in [0.05, 0.1) is 4.92 Å². The highest BCUT2D eigenvalue weighted by atomic mass is 32.1. The second kappa shape index (κ2) is 9.64. The third-order valence-corrected chi connectivity index (χ3v) is 3.35. The van der Waals surface area contributed by atoms with Crippen molar-refractivity contribution in [2.45, 2.75) is 20.4 Å². The van der Waals surface area contributed by atoms with Crippen molar-refractivity contribution in [2.24, 2.45) is 0 Å². The first kappa shape index (κ1) is 19.7. The molecular formula is C13H18N2O6S. The summed E-state index contributed by atoms with van der Waals surface area (Å²) in [5.74, 6) is -3.65. The van der Waals surface area contributed by atoms with Crippen molar-refractivity contribution in [1.82, 2.24) is 4.90 Å². The largest absolute Gasteiger partial charge is 0.473 e. The molecule has 1 heterocycles. The molecule has 8 nitrogen and oxygen atoms in total. The molecule has 0 spiro atoms. The van der Waals surface area contributed by atoms with E-state index >= 15 is 0 Å². The van der Waals surface area contributed by atoms with E-state index in [4.69, 9.17) is 19.8 Å². The first-order chi connectivity index (χ1) is 10.2. The van der Waals surface area contributed by atoms with Gasteiger partial charge < -0.3 is 10.2 Å². The number of carbonyl (C=O) groups is 2. The van der Waals surface area contributed by atoms with E-state index in [1.807, 2.05) is 13.0 Å². The number of carboxylic acid groups (broad SMARTS) is 2. The zero-order chi connectivity index (χ0) is 17.3. The van der Waals surface area contributed by atoms with Crippen LogP contribution in [0.3, 0.4) is 0 Å². The lowest BCUT2D eigenvalue weighted by atomic mass is 10.3. The van der Waals surface area contributed by atoms with Crippen molar-refractivity contribution < 1.29 is 24.7 Å². The molecule has 0 unspecified atom stereocenters. The molecule has 0 aromatic carbocycles. The maximum atomic E-state index is 10.5. The van der Waals surface area contributed by atoms with Crippen LogP contribution in [-0.4, -0.2) is 45.1 Å². The molecular weight excluding hydrogens is 312 g/mol. The van der Waals surface area contributed by atoms with E-state index in [1.54, 1.807) is 6.07 Å². The van der Waals surface area contributed by atoms with E-state index in [1.165, 1.54) is 11.3 Å². The molecule has 22 heavy (non-hydrogen) atoms. The van der Waals surface area contributed by atoms with Crippen LogP contribution in [0.15, 0.2) is 24.3 Å². The van der Waals surface area contributed by atoms with Crippen molar-refractivity contribution in [2.75, 3.05) is 13.1 Å². The number of likely N-dealkylation sites (N-methyl/N-ethyl adjacent to an activating group) is 1. The molecule has 0 radical (unpaired) electrons. The molecule has 0 saturated carbocycles. The van der Waals surface area contributed by atoms with E-state index in [2.05, 4.69) is 18.4 Å². The molecule has 0 atom stereocenters. The Kier molecular flexibility index (Phi) is 8.65. The van der Waals surface area contributed by atoms with Crippen LogP contribution in [0.4, 0.5) is 5.00 Å². The molecule has 0 aliphatic heterocycles. The summed E-state index contributed by atoms with van der Waals surface area (Å²) in [6.45, 7) is 10.4. The number of rotatable bonds is 6. The van der Waals surface area contributed by atoms with Gasteiger partial charge in [-0.15, -0.1) is 0 Å². The Morgan fingerprint density at radius 2 is 1.91 bits per heavy atom. The third kappa shape index (κ3) is 8.12. The minimum absolute atomic E-state index is 0.210. The lowest BCUT2D eigenvalue weighted by molar-refractivity contribution is -0.380. The van der Waals surface area contributed by atoms with Gasteiger partial charge in [0, 0.05) is 24.0 Å². The molecule has 122 valence electrons. The van der Waals surface area contributed by atoms with Gasteiger partial charge in [-0.05, 0) is 19.5 Å². The van der Waals surface area contributed by atoms with Crippen LogP contribution in [0, 0.1) is 10.1 Å². The molecule has 0 aliphatic carbocycles. The van der Waals surface area contributed by atoms with Crippen molar-refractivity contribution in [3.05, 3.63) is 39.3 Å². The summed E-state index contributed by atoms with van der Waals surface area (Å²) in [4.78, 5) is 31.6. The molecule has 1 aromatic rings. The summed E-state index contributed by atoms with van der Waals surface area (Å²) in [6.07, 6.45) is 0. The third-order valence-electron chi connectivity index (χ3n) is 2.33. The fraction of sp³-hybridized carbons (Fsp3) is 0.385. The molecule has 1 aromatic heterocycles. The predicted octanol–water partition coefficient (Wildman–Crippen LogP) is 2.21. The summed E-state index contributed by atoms with van der Waals surface area (Å²) in [5, 5.41) is 25.5. The normalized spacial score (nSPS) is 9.77. The van der Waals surface area contributed by atoms with Gasteiger partial charge in [-0.25, -0.2) is 9.59 Å². The number of nitro groups is 1. The van der Waals surface area contributed by atoms with Gasteiger partial charge in [-0.3, -0.25) is 15.0 Å². The zero-order valence-corrected chi connectivity index (χ0v) is 13.1. The van der Waals surface area contributed by atoms with Crippen molar-refractivity contribution >= 4 is 28.3 Å². The Hall–Kier alpha value is -2.26. The maximum Gasteiger partial charge on any atom is 0.414 e. The fourth-order valence-corrected chi connectivity index (χ4v) is 2.29. The highest BCUT2D eigenvalue weighted by molar-refractivity contribution is 7.15. The summed E-state index contributed by atoms with van der Waals surface area (Å²) in [7, 11) is 0. The number of thiophene rings is 1. The zero-order valence-electron chi connectivity index (χ0n) is 12.3. The van der Waals surface area contributed by atoms with Crippen LogP contribution in [0.2, 0.25) is 0 Å². The van der Waals surface area contributed by atoms with E-state index < -0.39 is 11.9 Å². The Morgan fingerprint density at radius 3 is 2.23 bits per heavy atom. The molecule has 0 saturated heterocycles. The number of aliphatic carboxylic acids is 2. The monoisotopic (exact) mass is 330 g/mol.